The minimum Gasteiger partial charge on any atom is -0.312 e. The first-order valence-electron chi connectivity index (χ1n) is 6.19. The Hall–Kier alpha value is -1.51. The Bertz CT molecular complexity index is 730. The van der Waals surface area contributed by atoms with Crippen LogP contribution in [0.3, 0.4) is 0 Å². The van der Waals surface area contributed by atoms with Crippen molar-refractivity contribution in [2.24, 2.45) is 0 Å². The molecule has 0 bridgehead atoms. The van der Waals surface area contributed by atoms with Crippen LogP contribution in [0.15, 0.2) is 34.5 Å². The molecule has 0 spiro atoms. The number of rotatable bonds is 6. The summed E-state index contributed by atoms with van der Waals surface area (Å²) in [4.78, 5) is 0.877. The Morgan fingerprint density at radius 3 is 2.57 bits per heavy atom. The van der Waals surface area contributed by atoms with Crippen LogP contribution in [0.2, 0.25) is 0 Å². The van der Waals surface area contributed by atoms with E-state index >= 15 is 0 Å². The summed E-state index contributed by atoms with van der Waals surface area (Å²) in [7, 11) is -3.80. The van der Waals surface area contributed by atoms with Gasteiger partial charge in [0, 0.05) is 17.5 Å². The number of thiophene rings is 1. The maximum Gasteiger partial charge on any atom is 0.271 e. The zero-order valence-electron chi connectivity index (χ0n) is 11.2. The highest BCUT2D eigenvalue weighted by molar-refractivity contribution is 7.94. The van der Waals surface area contributed by atoms with E-state index < -0.39 is 21.7 Å². The van der Waals surface area contributed by atoms with Crippen molar-refractivity contribution in [3.8, 4) is 0 Å². The number of hydrogen-bond donors (Lipinski definition) is 2. The molecule has 2 rings (SSSR count). The maximum atomic E-state index is 13.1. The van der Waals surface area contributed by atoms with Gasteiger partial charge < -0.3 is 5.32 Å². The number of nitrogens with one attached hydrogen (secondary N) is 2. The van der Waals surface area contributed by atoms with Gasteiger partial charge in [0.1, 0.15) is 4.21 Å². The van der Waals surface area contributed by atoms with Crippen molar-refractivity contribution in [1.29, 1.82) is 0 Å². The lowest BCUT2D eigenvalue weighted by Crippen LogP contribution is -2.12. The molecule has 0 aliphatic carbocycles. The van der Waals surface area contributed by atoms with E-state index in [1.807, 2.05) is 6.92 Å². The standard InChI is InChI=1S/C13H14F2N2O2S2/c1-2-16-8-10-4-6-13(20-10)21(18,19)17-9-3-5-11(14)12(15)7-9/h3-7,16-17H,2,8H2,1H3. The molecule has 0 radical (unpaired) electrons. The zero-order chi connectivity index (χ0) is 15.5. The van der Waals surface area contributed by atoms with Crippen LogP contribution < -0.4 is 10.0 Å². The van der Waals surface area contributed by atoms with Crippen molar-refractivity contribution < 1.29 is 17.2 Å². The fourth-order valence-corrected chi connectivity index (χ4v) is 3.99. The summed E-state index contributed by atoms with van der Waals surface area (Å²) in [5.41, 5.74) is -0.0180. The summed E-state index contributed by atoms with van der Waals surface area (Å²) in [6.45, 7) is 3.32. The smallest absolute Gasteiger partial charge is 0.271 e. The molecule has 114 valence electrons. The van der Waals surface area contributed by atoms with Crippen molar-refractivity contribution >= 4 is 27.0 Å². The van der Waals surface area contributed by atoms with Crippen LogP contribution in [0.5, 0.6) is 0 Å². The quantitative estimate of drug-likeness (QED) is 0.855. The average Bonchev–Trinajstić information content (AvgIpc) is 2.90. The molecule has 0 amide bonds. The fourth-order valence-electron chi connectivity index (χ4n) is 1.61. The Morgan fingerprint density at radius 1 is 1.14 bits per heavy atom. The lowest BCUT2D eigenvalue weighted by Gasteiger charge is -2.06. The third-order valence-electron chi connectivity index (χ3n) is 2.62. The Morgan fingerprint density at radius 2 is 1.90 bits per heavy atom. The van der Waals surface area contributed by atoms with Gasteiger partial charge in [-0.15, -0.1) is 11.3 Å². The van der Waals surface area contributed by atoms with E-state index in [2.05, 4.69) is 10.0 Å². The molecule has 0 aliphatic heterocycles. The molecule has 21 heavy (non-hydrogen) atoms. The molecule has 8 heteroatoms. The van der Waals surface area contributed by atoms with E-state index in [4.69, 9.17) is 0 Å². The third-order valence-corrected chi connectivity index (χ3v) is 5.58. The predicted octanol–water partition coefficient (Wildman–Crippen LogP) is 2.94. The SMILES string of the molecule is CCNCc1ccc(S(=O)(=O)Nc2ccc(F)c(F)c2)s1. The molecular formula is C13H14F2N2O2S2. The molecule has 0 saturated carbocycles. The number of halogens is 2. The van der Waals surface area contributed by atoms with Gasteiger partial charge in [0.2, 0.25) is 0 Å². The second-order valence-corrected chi connectivity index (χ2v) is 7.31. The Balaban J connectivity index is 2.17. The third kappa shape index (κ3) is 3.99. The summed E-state index contributed by atoms with van der Waals surface area (Å²) >= 11 is 1.13. The first-order valence-corrected chi connectivity index (χ1v) is 8.49. The zero-order valence-corrected chi connectivity index (χ0v) is 12.8. The van der Waals surface area contributed by atoms with Gasteiger partial charge in [-0.1, -0.05) is 6.92 Å². The summed E-state index contributed by atoms with van der Waals surface area (Å²) in [6, 6.07) is 6.05. The van der Waals surface area contributed by atoms with Gasteiger partial charge in [0.25, 0.3) is 10.0 Å². The van der Waals surface area contributed by atoms with Gasteiger partial charge in [-0.05, 0) is 30.8 Å². The monoisotopic (exact) mass is 332 g/mol. The van der Waals surface area contributed by atoms with Gasteiger partial charge >= 0.3 is 0 Å². The summed E-state index contributed by atoms with van der Waals surface area (Å²) in [5.74, 6) is -2.13. The van der Waals surface area contributed by atoms with E-state index in [9.17, 15) is 17.2 Å². The van der Waals surface area contributed by atoms with Gasteiger partial charge in [0.15, 0.2) is 11.6 Å². The summed E-state index contributed by atoms with van der Waals surface area (Å²) in [6.07, 6.45) is 0. The van der Waals surface area contributed by atoms with E-state index in [0.29, 0.717) is 6.54 Å². The van der Waals surface area contributed by atoms with E-state index in [1.54, 1.807) is 6.07 Å². The van der Waals surface area contributed by atoms with Crippen LogP contribution in [0.25, 0.3) is 0 Å². The van der Waals surface area contributed by atoms with Gasteiger partial charge in [-0.25, -0.2) is 17.2 Å². The van der Waals surface area contributed by atoms with E-state index in [0.717, 1.165) is 34.9 Å². The van der Waals surface area contributed by atoms with Crippen LogP contribution in [-0.2, 0) is 16.6 Å². The highest BCUT2D eigenvalue weighted by atomic mass is 32.2. The van der Waals surface area contributed by atoms with Gasteiger partial charge in [-0.3, -0.25) is 4.72 Å². The number of anilines is 1. The summed E-state index contributed by atoms with van der Waals surface area (Å²) in [5, 5.41) is 3.10. The van der Waals surface area contributed by atoms with Crippen molar-refractivity contribution in [3.63, 3.8) is 0 Å². The molecule has 2 aromatic rings. The topological polar surface area (TPSA) is 58.2 Å². The van der Waals surface area contributed by atoms with Crippen LogP contribution >= 0.6 is 11.3 Å². The van der Waals surface area contributed by atoms with Crippen LogP contribution in [-0.4, -0.2) is 15.0 Å². The van der Waals surface area contributed by atoms with Gasteiger partial charge in [0.05, 0.1) is 5.69 Å². The number of hydrogen-bond acceptors (Lipinski definition) is 4. The highest BCUT2D eigenvalue weighted by Crippen LogP contribution is 2.24. The molecule has 1 aromatic heterocycles. The summed E-state index contributed by atoms with van der Waals surface area (Å²) < 4.78 is 52.6. The molecule has 1 heterocycles. The minimum atomic E-state index is -3.80. The second kappa shape index (κ2) is 6.50. The maximum absolute atomic E-state index is 13.1. The Labute approximate surface area is 125 Å². The molecule has 4 nitrogen and oxygen atoms in total. The van der Waals surface area contributed by atoms with Crippen LogP contribution in [0.1, 0.15) is 11.8 Å². The average molecular weight is 332 g/mol. The van der Waals surface area contributed by atoms with Crippen LogP contribution in [0, 0.1) is 11.6 Å². The second-order valence-electron chi connectivity index (χ2n) is 4.24. The van der Waals surface area contributed by atoms with Crippen molar-refractivity contribution in [3.05, 3.63) is 46.8 Å². The van der Waals surface area contributed by atoms with Crippen molar-refractivity contribution in [1.82, 2.24) is 5.32 Å². The lowest BCUT2D eigenvalue weighted by atomic mass is 10.3. The lowest BCUT2D eigenvalue weighted by molar-refractivity contribution is 0.509. The first kappa shape index (κ1) is 15.9. The molecule has 0 saturated heterocycles. The molecule has 1 aromatic carbocycles. The molecule has 0 atom stereocenters. The van der Waals surface area contributed by atoms with E-state index in [-0.39, 0.29) is 9.90 Å². The molecular weight excluding hydrogens is 318 g/mol. The number of sulfonamides is 1. The highest BCUT2D eigenvalue weighted by Gasteiger charge is 2.17. The Kier molecular flexibility index (Phi) is 4.92. The molecule has 2 N–H and O–H groups in total. The number of benzene rings is 1. The normalized spacial score (nSPS) is 11.6. The molecule has 0 aliphatic rings. The van der Waals surface area contributed by atoms with Crippen molar-refractivity contribution in [2.45, 2.75) is 17.7 Å². The van der Waals surface area contributed by atoms with Crippen molar-refractivity contribution in [2.75, 3.05) is 11.3 Å². The first-order chi connectivity index (χ1) is 9.92. The van der Waals surface area contributed by atoms with E-state index in [1.165, 1.54) is 12.1 Å². The molecule has 0 unspecified atom stereocenters. The largest absolute Gasteiger partial charge is 0.312 e. The van der Waals surface area contributed by atoms with Gasteiger partial charge in [-0.2, -0.15) is 0 Å². The molecule has 0 fully saturated rings. The minimum absolute atomic E-state index is 0.0180. The predicted molar refractivity (Wildman–Crippen MR) is 78.9 cm³/mol. The fraction of sp³-hybridized carbons (Fsp3) is 0.231. The van der Waals surface area contributed by atoms with Crippen LogP contribution in [0.4, 0.5) is 14.5 Å².